The van der Waals surface area contributed by atoms with Crippen molar-refractivity contribution in [2.45, 2.75) is 37.8 Å². The zero-order chi connectivity index (χ0) is 15.3. The molecule has 0 aromatic rings. The molecule has 0 bridgehead atoms. The zero-order valence-corrected chi connectivity index (χ0v) is 13.3. The molecule has 0 aromatic carbocycles. The van der Waals surface area contributed by atoms with Gasteiger partial charge in [-0.2, -0.15) is 0 Å². The lowest BCUT2D eigenvalue weighted by Crippen LogP contribution is -2.54. The summed E-state index contributed by atoms with van der Waals surface area (Å²) >= 11 is 0. The summed E-state index contributed by atoms with van der Waals surface area (Å²) < 4.78 is 30.3. The van der Waals surface area contributed by atoms with Crippen LogP contribution in [0, 0.1) is 0 Å². The minimum absolute atomic E-state index is 0.0336. The molecule has 2 saturated heterocycles. The fourth-order valence-electron chi connectivity index (χ4n) is 2.91. The summed E-state index contributed by atoms with van der Waals surface area (Å²) in [6.07, 6.45) is 4.41. The maximum Gasteiger partial charge on any atom is 0.253 e. The molecule has 2 N–H and O–H groups in total. The summed E-state index contributed by atoms with van der Waals surface area (Å²) in [6, 6.07) is 0.103. The molecular formula is C13H25N3O4S. The van der Waals surface area contributed by atoms with Gasteiger partial charge in [-0.15, -0.1) is 0 Å². The quantitative estimate of drug-likeness (QED) is 0.699. The Morgan fingerprint density at radius 2 is 2.24 bits per heavy atom. The highest BCUT2D eigenvalue weighted by molar-refractivity contribution is 7.88. The lowest BCUT2D eigenvalue weighted by molar-refractivity contribution is -0.149. The van der Waals surface area contributed by atoms with Gasteiger partial charge in [0, 0.05) is 32.2 Å². The van der Waals surface area contributed by atoms with Gasteiger partial charge in [-0.05, 0) is 25.7 Å². The number of sulfonamides is 1. The predicted molar refractivity (Wildman–Crippen MR) is 79.4 cm³/mol. The Kier molecular flexibility index (Phi) is 5.98. The van der Waals surface area contributed by atoms with Gasteiger partial charge in [0.15, 0.2) is 0 Å². The summed E-state index contributed by atoms with van der Waals surface area (Å²) in [4.78, 5) is 14.4. The molecule has 21 heavy (non-hydrogen) atoms. The summed E-state index contributed by atoms with van der Waals surface area (Å²) in [5.41, 5.74) is 0. The molecule has 2 aliphatic heterocycles. The molecule has 122 valence electrons. The van der Waals surface area contributed by atoms with Crippen molar-refractivity contribution >= 4 is 15.9 Å². The maximum absolute atomic E-state index is 12.5. The smallest absolute Gasteiger partial charge is 0.253 e. The fourth-order valence-corrected chi connectivity index (χ4v) is 3.40. The minimum atomic E-state index is -3.17. The number of rotatable bonds is 5. The van der Waals surface area contributed by atoms with Crippen molar-refractivity contribution < 1.29 is 17.9 Å². The van der Waals surface area contributed by atoms with Gasteiger partial charge < -0.3 is 15.0 Å². The number of amides is 1. The van der Waals surface area contributed by atoms with Gasteiger partial charge in [0.05, 0.1) is 12.9 Å². The van der Waals surface area contributed by atoms with Crippen LogP contribution < -0.4 is 10.0 Å². The van der Waals surface area contributed by atoms with Crippen LogP contribution >= 0.6 is 0 Å². The van der Waals surface area contributed by atoms with E-state index in [1.54, 1.807) is 0 Å². The first-order chi connectivity index (χ1) is 9.97. The van der Waals surface area contributed by atoms with Crippen molar-refractivity contribution in [3.8, 4) is 0 Å². The number of nitrogens with one attached hydrogen (secondary N) is 2. The second kappa shape index (κ2) is 7.53. The Hall–Kier alpha value is -0.700. The number of morpholine rings is 1. The van der Waals surface area contributed by atoms with Crippen LogP contribution in [0.15, 0.2) is 0 Å². The standard InChI is InChI=1S/C13H25N3O4S/c1-21(18,19)15-6-5-11-4-2-3-8-16(11)13(17)12-10-14-7-9-20-12/h11-12,14-15H,2-10H2,1H3. The van der Waals surface area contributed by atoms with Crippen molar-refractivity contribution in [2.24, 2.45) is 0 Å². The van der Waals surface area contributed by atoms with Gasteiger partial charge in [-0.1, -0.05) is 0 Å². The molecule has 8 heteroatoms. The van der Waals surface area contributed by atoms with Gasteiger partial charge in [0.25, 0.3) is 5.91 Å². The number of hydrogen-bond acceptors (Lipinski definition) is 5. The van der Waals surface area contributed by atoms with E-state index in [0.29, 0.717) is 26.1 Å². The molecule has 2 atom stereocenters. The number of ether oxygens (including phenoxy) is 1. The molecule has 2 heterocycles. The number of likely N-dealkylation sites (tertiary alicyclic amines) is 1. The lowest BCUT2D eigenvalue weighted by atomic mass is 9.98. The number of piperidine rings is 1. The third-order valence-electron chi connectivity index (χ3n) is 3.96. The molecule has 0 radical (unpaired) electrons. The number of carbonyl (C=O) groups excluding carboxylic acids is 1. The minimum Gasteiger partial charge on any atom is -0.366 e. The summed E-state index contributed by atoms with van der Waals surface area (Å²) in [5.74, 6) is 0.0336. The van der Waals surface area contributed by atoms with E-state index < -0.39 is 16.1 Å². The molecule has 0 saturated carbocycles. The molecule has 1 amide bonds. The van der Waals surface area contributed by atoms with Crippen molar-refractivity contribution in [3.63, 3.8) is 0 Å². The largest absolute Gasteiger partial charge is 0.366 e. The van der Waals surface area contributed by atoms with E-state index in [0.717, 1.165) is 38.6 Å². The molecule has 2 aliphatic rings. The van der Waals surface area contributed by atoms with Crippen molar-refractivity contribution in [1.29, 1.82) is 0 Å². The number of carbonyl (C=O) groups is 1. The molecule has 2 rings (SSSR count). The molecule has 0 aromatic heterocycles. The van der Waals surface area contributed by atoms with Gasteiger partial charge in [-0.3, -0.25) is 4.79 Å². The Labute approximate surface area is 126 Å². The normalized spacial score (nSPS) is 27.6. The Morgan fingerprint density at radius 1 is 1.43 bits per heavy atom. The first-order valence-corrected chi connectivity index (χ1v) is 9.44. The van der Waals surface area contributed by atoms with E-state index in [1.165, 1.54) is 0 Å². The molecule has 0 spiro atoms. The van der Waals surface area contributed by atoms with Gasteiger partial charge in [-0.25, -0.2) is 13.1 Å². The molecule has 2 fully saturated rings. The predicted octanol–water partition coefficient (Wildman–Crippen LogP) is -0.705. The second-order valence-electron chi connectivity index (χ2n) is 5.70. The Bertz CT molecular complexity index is 448. The van der Waals surface area contributed by atoms with Crippen LogP contribution in [0.25, 0.3) is 0 Å². The van der Waals surface area contributed by atoms with E-state index >= 15 is 0 Å². The highest BCUT2D eigenvalue weighted by Gasteiger charge is 2.32. The average molecular weight is 319 g/mol. The fraction of sp³-hybridized carbons (Fsp3) is 0.923. The third kappa shape index (κ3) is 5.21. The van der Waals surface area contributed by atoms with E-state index in [2.05, 4.69) is 10.0 Å². The van der Waals surface area contributed by atoms with Gasteiger partial charge >= 0.3 is 0 Å². The van der Waals surface area contributed by atoms with Crippen LogP contribution in [0.4, 0.5) is 0 Å². The topological polar surface area (TPSA) is 87.7 Å². The highest BCUT2D eigenvalue weighted by Crippen LogP contribution is 2.21. The third-order valence-corrected chi connectivity index (χ3v) is 4.68. The van der Waals surface area contributed by atoms with Crippen LogP contribution in [0.3, 0.4) is 0 Å². The van der Waals surface area contributed by atoms with E-state index in [9.17, 15) is 13.2 Å². The van der Waals surface area contributed by atoms with E-state index in [1.807, 2.05) is 4.90 Å². The summed E-state index contributed by atoms with van der Waals surface area (Å²) in [5, 5.41) is 3.17. The van der Waals surface area contributed by atoms with Gasteiger partial charge in [0.1, 0.15) is 6.10 Å². The summed E-state index contributed by atoms with van der Waals surface area (Å²) in [7, 11) is -3.17. The number of nitrogens with zero attached hydrogens (tertiary/aromatic N) is 1. The van der Waals surface area contributed by atoms with Gasteiger partial charge in [0.2, 0.25) is 10.0 Å². The van der Waals surface area contributed by atoms with Crippen molar-refractivity contribution in [2.75, 3.05) is 39.0 Å². The van der Waals surface area contributed by atoms with E-state index in [-0.39, 0.29) is 11.9 Å². The van der Waals surface area contributed by atoms with Crippen LogP contribution in [-0.4, -0.2) is 70.4 Å². The molecule has 7 nitrogen and oxygen atoms in total. The first-order valence-electron chi connectivity index (χ1n) is 7.55. The Morgan fingerprint density at radius 3 is 2.90 bits per heavy atom. The molecule has 2 unspecified atom stereocenters. The first kappa shape index (κ1) is 16.7. The van der Waals surface area contributed by atoms with E-state index in [4.69, 9.17) is 4.74 Å². The monoisotopic (exact) mass is 319 g/mol. The Balaban J connectivity index is 1.89. The maximum atomic E-state index is 12.5. The summed E-state index contributed by atoms with van der Waals surface area (Å²) in [6.45, 7) is 3.01. The average Bonchev–Trinajstić information content (AvgIpc) is 2.47. The second-order valence-corrected chi connectivity index (χ2v) is 7.53. The van der Waals surface area contributed by atoms with Crippen LogP contribution in [0.5, 0.6) is 0 Å². The SMILES string of the molecule is CS(=O)(=O)NCCC1CCCCN1C(=O)C1CNCCO1. The molecular weight excluding hydrogens is 294 g/mol. The van der Waals surface area contributed by atoms with Crippen LogP contribution in [-0.2, 0) is 19.6 Å². The van der Waals surface area contributed by atoms with Crippen molar-refractivity contribution in [3.05, 3.63) is 0 Å². The van der Waals surface area contributed by atoms with Crippen LogP contribution in [0.1, 0.15) is 25.7 Å². The molecule has 0 aliphatic carbocycles. The number of hydrogen-bond donors (Lipinski definition) is 2. The lowest BCUT2D eigenvalue weighted by Gasteiger charge is -2.38. The zero-order valence-electron chi connectivity index (χ0n) is 12.5. The van der Waals surface area contributed by atoms with Crippen molar-refractivity contribution in [1.82, 2.24) is 14.9 Å². The highest BCUT2D eigenvalue weighted by atomic mass is 32.2. The van der Waals surface area contributed by atoms with Crippen LogP contribution in [0.2, 0.25) is 0 Å².